The SMILES string of the molecule is C/C(=C\CO)CC/C=C(\C)CN(C)c1c(C)c(C)c(C)c(C)c1C. The molecule has 2 nitrogen and oxygen atoms in total. The highest BCUT2D eigenvalue weighted by atomic mass is 16.2. The predicted molar refractivity (Wildman–Crippen MR) is 107 cm³/mol. The number of nitrogens with zero attached hydrogens (tertiary/aromatic N) is 1. The Balaban J connectivity index is 2.89. The Labute approximate surface area is 148 Å². The summed E-state index contributed by atoms with van der Waals surface area (Å²) in [4.78, 5) is 2.38. The number of aliphatic hydroxyl groups excluding tert-OH is 1. The Hall–Kier alpha value is -1.54. The minimum atomic E-state index is 0.141. The number of likely N-dealkylation sites (N-methyl/N-ethyl adjacent to an activating group) is 1. The first kappa shape index (κ1) is 20.5. The van der Waals surface area contributed by atoms with Gasteiger partial charge < -0.3 is 10.0 Å². The van der Waals surface area contributed by atoms with Gasteiger partial charge in [-0.3, -0.25) is 0 Å². The van der Waals surface area contributed by atoms with E-state index in [0.717, 1.165) is 19.4 Å². The molecule has 0 atom stereocenters. The van der Waals surface area contributed by atoms with Gasteiger partial charge in [-0.15, -0.1) is 0 Å². The maximum Gasteiger partial charge on any atom is 0.0614 e. The average Bonchev–Trinajstić information content (AvgIpc) is 2.51. The first-order valence-electron chi connectivity index (χ1n) is 8.90. The minimum absolute atomic E-state index is 0.141. The molecule has 0 aliphatic rings. The van der Waals surface area contributed by atoms with E-state index >= 15 is 0 Å². The summed E-state index contributed by atoms with van der Waals surface area (Å²) in [6.45, 7) is 16.5. The summed E-state index contributed by atoms with van der Waals surface area (Å²) < 4.78 is 0. The number of hydrogen-bond acceptors (Lipinski definition) is 2. The molecule has 0 aromatic heterocycles. The fourth-order valence-corrected chi connectivity index (χ4v) is 3.37. The largest absolute Gasteiger partial charge is 0.392 e. The van der Waals surface area contributed by atoms with E-state index in [9.17, 15) is 0 Å². The molecule has 24 heavy (non-hydrogen) atoms. The van der Waals surface area contributed by atoms with E-state index in [1.54, 1.807) is 0 Å². The summed E-state index contributed by atoms with van der Waals surface area (Å²) in [5.74, 6) is 0. The monoisotopic (exact) mass is 329 g/mol. The van der Waals surface area contributed by atoms with Gasteiger partial charge in [0, 0.05) is 19.3 Å². The normalized spacial score (nSPS) is 12.7. The highest BCUT2D eigenvalue weighted by Crippen LogP contribution is 2.32. The summed E-state index contributed by atoms with van der Waals surface area (Å²) in [6.07, 6.45) is 6.26. The highest BCUT2D eigenvalue weighted by molar-refractivity contribution is 5.66. The Morgan fingerprint density at radius 3 is 1.83 bits per heavy atom. The van der Waals surface area contributed by atoms with E-state index in [0.29, 0.717) is 0 Å². The van der Waals surface area contributed by atoms with Crippen LogP contribution in [0.15, 0.2) is 23.3 Å². The molecular formula is C22H35NO. The van der Waals surface area contributed by atoms with Crippen LogP contribution in [0.4, 0.5) is 5.69 Å². The molecule has 1 aromatic rings. The van der Waals surface area contributed by atoms with Crippen LogP contribution in [0, 0.1) is 34.6 Å². The van der Waals surface area contributed by atoms with Crippen molar-refractivity contribution in [2.75, 3.05) is 25.1 Å². The van der Waals surface area contributed by atoms with E-state index in [4.69, 9.17) is 5.11 Å². The standard InChI is InChI=1S/C22H35NO/c1-15(12-13-24)10-9-11-16(2)14-23(8)22-20(6)18(4)17(3)19(5)21(22)7/h11-12,24H,9-10,13-14H2,1-8H3/b15-12+,16-11+. The number of aliphatic hydroxyl groups is 1. The molecule has 0 spiro atoms. The van der Waals surface area contributed by atoms with Gasteiger partial charge in [-0.1, -0.05) is 23.3 Å². The number of rotatable bonds is 7. The van der Waals surface area contributed by atoms with E-state index in [1.165, 1.54) is 44.7 Å². The first-order valence-corrected chi connectivity index (χ1v) is 8.90. The van der Waals surface area contributed by atoms with Crippen LogP contribution in [-0.4, -0.2) is 25.3 Å². The van der Waals surface area contributed by atoms with Gasteiger partial charge in [0.05, 0.1) is 6.61 Å². The Kier molecular flexibility index (Phi) is 7.75. The summed E-state index contributed by atoms with van der Waals surface area (Å²) in [5, 5.41) is 8.91. The second-order valence-corrected chi connectivity index (χ2v) is 7.15. The zero-order valence-electron chi connectivity index (χ0n) is 16.9. The summed E-state index contributed by atoms with van der Waals surface area (Å²) >= 11 is 0. The maximum absolute atomic E-state index is 8.91. The van der Waals surface area contributed by atoms with Crippen LogP contribution in [0.3, 0.4) is 0 Å². The van der Waals surface area contributed by atoms with Crippen molar-refractivity contribution in [3.8, 4) is 0 Å². The molecule has 0 amide bonds. The molecule has 0 unspecified atom stereocenters. The minimum Gasteiger partial charge on any atom is -0.392 e. The Morgan fingerprint density at radius 1 is 0.833 bits per heavy atom. The van der Waals surface area contributed by atoms with Crippen molar-refractivity contribution in [1.82, 2.24) is 0 Å². The van der Waals surface area contributed by atoms with Gasteiger partial charge in [0.2, 0.25) is 0 Å². The lowest BCUT2D eigenvalue weighted by atomic mass is 9.92. The molecule has 0 heterocycles. The van der Waals surface area contributed by atoms with Gasteiger partial charge in [-0.2, -0.15) is 0 Å². The summed E-state index contributed by atoms with van der Waals surface area (Å²) in [5.41, 5.74) is 11.0. The van der Waals surface area contributed by atoms with Crippen molar-refractivity contribution in [2.24, 2.45) is 0 Å². The van der Waals surface area contributed by atoms with Gasteiger partial charge in [0.15, 0.2) is 0 Å². The highest BCUT2D eigenvalue weighted by Gasteiger charge is 2.15. The van der Waals surface area contributed by atoms with Crippen molar-refractivity contribution < 1.29 is 5.11 Å². The van der Waals surface area contributed by atoms with Crippen molar-refractivity contribution >= 4 is 5.69 Å². The van der Waals surface area contributed by atoms with Crippen LogP contribution in [0.5, 0.6) is 0 Å². The molecule has 0 aliphatic carbocycles. The van der Waals surface area contributed by atoms with Crippen molar-refractivity contribution in [1.29, 1.82) is 0 Å². The number of hydrogen-bond donors (Lipinski definition) is 1. The Morgan fingerprint density at radius 2 is 1.33 bits per heavy atom. The number of anilines is 1. The fraction of sp³-hybridized carbons (Fsp3) is 0.545. The summed E-state index contributed by atoms with van der Waals surface area (Å²) in [6, 6.07) is 0. The molecule has 0 fully saturated rings. The molecule has 134 valence electrons. The van der Waals surface area contributed by atoms with E-state index < -0.39 is 0 Å². The maximum atomic E-state index is 8.91. The lowest BCUT2D eigenvalue weighted by molar-refractivity contribution is 0.341. The van der Waals surface area contributed by atoms with Crippen LogP contribution in [-0.2, 0) is 0 Å². The first-order chi connectivity index (χ1) is 11.2. The van der Waals surface area contributed by atoms with E-state index in [-0.39, 0.29) is 6.61 Å². The van der Waals surface area contributed by atoms with E-state index in [2.05, 4.69) is 66.5 Å². The quantitative estimate of drug-likeness (QED) is 0.683. The van der Waals surface area contributed by atoms with Crippen molar-refractivity contribution in [3.05, 3.63) is 51.1 Å². The third-order valence-electron chi connectivity index (χ3n) is 5.30. The lowest BCUT2D eigenvalue weighted by Gasteiger charge is -2.27. The molecule has 0 saturated carbocycles. The smallest absolute Gasteiger partial charge is 0.0614 e. The van der Waals surface area contributed by atoms with Crippen LogP contribution < -0.4 is 4.90 Å². The van der Waals surface area contributed by atoms with Crippen LogP contribution in [0.2, 0.25) is 0 Å². The molecule has 0 saturated heterocycles. The molecule has 0 radical (unpaired) electrons. The molecule has 0 bridgehead atoms. The third kappa shape index (κ3) is 4.98. The fourth-order valence-electron chi connectivity index (χ4n) is 3.37. The van der Waals surface area contributed by atoms with Gasteiger partial charge in [0.1, 0.15) is 0 Å². The van der Waals surface area contributed by atoms with Gasteiger partial charge in [-0.25, -0.2) is 0 Å². The van der Waals surface area contributed by atoms with Crippen LogP contribution >= 0.6 is 0 Å². The molecule has 1 rings (SSSR count). The lowest BCUT2D eigenvalue weighted by Crippen LogP contribution is -2.22. The van der Waals surface area contributed by atoms with E-state index in [1.807, 2.05) is 6.08 Å². The topological polar surface area (TPSA) is 23.5 Å². The van der Waals surface area contributed by atoms with Crippen molar-refractivity contribution in [2.45, 2.75) is 61.3 Å². The Bertz CT molecular complexity index is 609. The zero-order valence-corrected chi connectivity index (χ0v) is 16.9. The molecule has 2 heteroatoms. The van der Waals surface area contributed by atoms with Gasteiger partial charge >= 0.3 is 0 Å². The second kappa shape index (κ2) is 9.08. The van der Waals surface area contributed by atoms with Crippen molar-refractivity contribution in [3.63, 3.8) is 0 Å². The van der Waals surface area contributed by atoms with Crippen LogP contribution in [0.1, 0.15) is 54.5 Å². The molecule has 0 aliphatic heterocycles. The molecule has 1 N–H and O–H groups in total. The van der Waals surface area contributed by atoms with Gasteiger partial charge in [0.25, 0.3) is 0 Å². The van der Waals surface area contributed by atoms with Gasteiger partial charge in [-0.05, 0) is 89.1 Å². The number of benzene rings is 1. The predicted octanol–water partition coefficient (Wildman–Crippen LogP) is 5.33. The van der Waals surface area contributed by atoms with Crippen LogP contribution in [0.25, 0.3) is 0 Å². The summed E-state index contributed by atoms with van der Waals surface area (Å²) in [7, 11) is 2.19. The average molecular weight is 330 g/mol. The second-order valence-electron chi connectivity index (χ2n) is 7.15. The third-order valence-corrected chi connectivity index (χ3v) is 5.30. The molecular weight excluding hydrogens is 294 g/mol. The number of allylic oxidation sites excluding steroid dienone is 2. The molecule has 1 aromatic carbocycles. The zero-order chi connectivity index (χ0) is 18.4.